The molecule has 50 valence electrons. The normalized spacial score (nSPS) is 10.4. The van der Waals surface area contributed by atoms with Crippen molar-refractivity contribution in [3.8, 4) is 0 Å². The maximum Gasteiger partial charge on any atom is 0.367 e. The summed E-state index contributed by atoms with van der Waals surface area (Å²) in [5.74, 6) is 0. The van der Waals surface area contributed by atoms with E-state index in [1.165, 1.54) is 11.3 Å². The molecule has 0 fully saturated rings. The third-order valence-electron chi connectivity index (χ3n) is 1.22. The summed E-state index contributed by atoms with van der Waals surface area (Å²) in [5, 5.41) is 5.86. The second kappa shape index (κ2) is 1.91. The van der Waals surface area contributed by atoms with Crippen LogP contribution in [-0.4, -0.2) is 5.16 Å². The monoisotopic (exact) mass is 153 g/mol. The molecule has 0 aliphatic heterocycles. The summed E-state index contributed by atoms with van der Waals surface area (Å²) in [7, 11) is 0. The van der Waals surface area contributed by atoms with Crippen molar-refractivity contribution < 1.29 is 4.52 Å². The Hall–Kier alpha value is -1.16. The first-order valence-corrected chi connectivity index (χ1v) is 3.58. The molecule has 0 aliphatic rings. The predicted molar refractivity (Wildman–Crippen MR) is 38.2 cm³/mol. The minimum Gasteiger partial charge on any atom is -0.313 e. The van der Waals surface area contributed by atoms with Gasteiger partial charge in [0.15, 0.2) is 0 Å². The SMILES string of the molecule is O=c1oncc2sccc12. The highest BCUT2D eigenvalue weighted by atomic mass is 32.1. The van der Waals surface area contributed by atoms with Crippen molar-refractivity contribution in [2.24, 2.45) is 0 Å². The first-order chi connectivity index (χ1) is 4.88. The van der Waals surface area contributed by atoms with Gasteiger partial charge in [0.1, 0.15) is 0 Å². The lowest BCUT2D eigenvalue weighted by molar-refractivity contribution is 0.377. The van der Waals surface area contributed by atoms with Crippen molar-refractivity contribution in [1.82, 2.24) is 5.16 Å². The number of aromatic nitrogens is 1. The van der Waals surface area contributed by atoms with Gasteiger partial charge in [-0.05, 0) is 11.4 Å². The van der Waals surface area contributed by atoms with E-state index in [2.05, 4.69) is 9.68 Å². The second-order valence-corrected chi connectivity index (χ2v) is 2.76. The molecule has 2 rings (SSSR count). The number of thiophene rings is 1. The molecule has 2 aromatic heterocycles. The van der Waals surface area contributed by atoms with E-state index in [4.69, 9.17) is 0 Å². The van der Waals surface area contributed by atoms with E-state index in [0.29, 0.717) is 5.39 Å². The zero-order valence-electron chi connectivity index (χ0n) is 4.90. The van der Waals surface area contributed by atoms with E-state index in [9.17, 15) is 4.79 Å². The summed E-state index contributed by atoms with van der Waals surface area (Å²) < 4.78 is 5.27. The highest BCUT2D eigenvalue weighted by molar-refractivity contribution is 7.17. The molecule has 0 spiro atoms. The first kappa shape index (κ1) is 5.61. The molecular formula is C6H3NO2S. The summed E-state index contributed by atoms with van der Waals surface area (Å²) >= 11 is 1.48. The molecule has 0 radical (unpaired) electrons. The number of rotatable bonds is 0. The summed E-state index contributed by atoms with van der Waals surface area (Å²) in [6, 6.07) is 1.73. The molecule has 3 nitrogen and oxygen atoms in total. The molecule has 0 saturated heterocycles. The van der Waals surface area contributed by atoms with E-state index in [0.717, 1.165) is 4.70 Å². The summed E-state index contributed by atoms with van der Waals surface area (Å²) in [4.78, 5) is 10.8. The molecule has 2 heterocycles. The standard InChI is InChI=1S/C6H3NO2S/c8-6-4-1-2-10-5(4)3-7-9-6/h1-3H. The fourth-order valence-electron chi connectivity index (χ4n) is 0.761. The van der Waals surface area contributed by atoms with Crippen LogP contribution < -0.4 is 5.63 Å². The highest BCUT2D eigenvalue weighted by Crippen LogP contribution is 2.14. The van der Waals surface area contributed by atoms with Crippen LogP contribution in [0.4, 0.5) is 0 Å². The summed E-state index contributed by atoms with van der Waals surface area (Å²) in [6.07, 6.45) is 1.54. The molecule has 0 atom stereocenters. The van der Waals surface area contributed by atoms with E-state index in [-0.39, 0.29) is 5.63 Å². The Bertz CT molecular complexity index is 403. The lowest BCUT2D eigenvalue weighted by atomic mass is 10.4. The van der Waals surface area contributed by atoms with Crippen molar-refractivity contribution in [3.05, 3.63) is 28.1 Å². The van der Waals surface area contributed by atoms with Gasteiger partial charge in [-0.3, -0.25) is 0 Å². The molecule has 10 heavy (non-hydrogen) atoms. The summed E-state index contributed by atoms with van der Waals surface area (Å²) in [5.41, 5.74) is -0.362. The van der Waals surface area contributed by atoms with Crippen LogP contribution in [0.5, 0.6) is 0 Å². The van der Waals surface area contributed by atoms with Crippen LogP contribution in [0.3, 0.4) is 0 Å². The molecule has 0 amide bonds. The molecular weight excluding hydrogens is 150 g/mol. The van der Waals surface area contributed by atoms with Crippen LogP contribution in [0.25, 0.3) is 10.1 Å². The topological polar surface area (TPSA) is 43.1 Å². The Kier molecular flexibility index (Phi) is 1.07. The van der Waals surface area contributed by atoms with Crippen LogP contribution in [0.15, 0.2) is 27.0 Å². The highest BCUT2D eigenvalue weighted by Gasteiger charge is 1.98. The maximum absolute atomic E-state index is 10.8. The molecule has 0 bridgehead atoms. The Morgan fingerprint density at radius 3 is 3.30 bits per heavy atom. The lowest BCUT2D eigenvalue weighted by Crippen LogP contribution is -1.96. The van der Waals surface area contributed by atoms with Crippen LogP contribution in [-0.2, 0) is 0 Å². The van der Waals surface area contributed by atoms with Crippen molar-refractivity contribution in [2.45, 2.75) is 0 Å². The molecule has 4 heteroatoms. The van der Waals surface area contributed by atoms with Crippen molar-refractivity contribution >= 4 is 21.4 Å². The van der Waals surface area contributed by atoms with Gasteiger partial charge in [0, 0.05) is 0 Å². The molecule has 0 saturated carbocycles. The average molecular weight is 153 g/mol. The number of fused-ring (bicyclic) bond motifs is 1. The van der Waals surface area contributed by atoms with Crippen molar-refractivity contribution in [1.29, 1.82) is 0 Å². The molecule has 0 N–H and O–H groups in total. The maximum atomic E-state index is 10.8. The quantitative estimate of drug-likeness (QED) is 0.572. The van der Waals surface area contributed by atoms with Crippen LogP contribution in [0, 0.1) is 0 Å². The Morgan fingerprint density at radius 1 is 1.60 bits per heavy atom. The van der Waals surface area contributed by atoms with Gasteiger partial charge in [-0.15, -0.1) is 11.3 Å². The van der Waals surface area contributed by atoms with Crippen LogP contribution >= 0.6 is 11.3 Å². The molecule has 0 unspecified atom stereocenters. The minimum atomic E-state index is -0.362. The molecule has 0 aliphatic carbocycles. The fraction of sp³-hybridized carbons (Fsp3) is 0. The van der Waals surface area contributed by atoms with Gasteiger partial charge in [0.25, 0.3) is 0 Å². The van der Waals surface area contributed by atoms with Gasteiger partial charge in [-0.2, -0.15) is 0 Å². The largest absolute Gasteiger partial charge is 0.367 e. The van der Waals surface area contributed by atoms with Gasteiger partial charge < -0.3 is 4.52 Å². The molecule has 0 aromatic carbocycles. The van der Waals surface area contributed by atoms with Gasteiger partial charge in [0.05, 0.1) is 16.3 Å². The van der Waals surface area contributed by atoms with E-state index < -0.39 is 0 Å². The first-order valence-electron chi connectivity index (χ1n) is 2.70. The fourth-order valence-corrected chi connectivity index (χ4v) is 1.49. The predicted octanol–water partition coefficient (Wildman–Crippen LogP) is 1.25. The van der Waals surface area contributed by atoms with E-state index in [1.807, 2.05) is 5.38 Å². The summed E-state index contributed by atoms with van der Waals surface area (Å²) in [6.45, 7) is 0. The number of hydrogen-bond donors (Lipinski definition) is 0. The third-order valence-corrected chi connectivity index (χ3v) is 2.07. The Balaban J connectivity index is 3.09. The van der Waals surface area contributed by atoms with Crippen molar-refractivity contribution in [3.63, 3.8) is 0 Å². The number of nitrogens with zero attached hydrogens (tertiary/aromatic N) is 1. The van der Waals surface area contributed by atoms with Gasteiger partial charge in [-0.1, -0.05) is 5.16 Å². The van der Waals surface area contributed by atoms with Gasteiger partial charge >= 0.3 is 5.63 Å². The minimum absolute atomic E-state index is 0.362. The van der Waals surface area contributed by atoms with E-state index in [1.54, 1.807) is 12.3 Å². The smallest absolute Gasteiger partial charge is 0.313 e. The average Bonchev–Trinajstić information content (AvgIpc) is 2.36. The zero-order chi connectivity index (χ0) is 6.97. The van der Waals surface area contributed by atoms with Crippen LogP contribution in [0.2, 0.25) is 0 Å². The van der Waals surface area contributed by atoms with E-state index >= 15 is 0 Å². The number of hydrogen-bond acceptors (Lipinski definition) is 4. The van der Waals surface area contributed by atoms with Gasteiger partial charge in [0.2, 0.25) is 0 Å². The molecule has 2 aromatic rings. The third kappa shape index (κ3) is 0.657. The lowest BCUT2D eigenvalue weighted by Gasteiger charge is -1.80. The van der Waals surface area contributed by atoms with Gasteiger partial charge in [-0.25, -0.2) is 4.79 Å². The Morgan fingerprint density at radius 2 is 2.50 bits per heavy atom. The van der Waals surface area contributed by atoms with Crippen molar-refractivity contribution in [2.75, 3.05) is 0 Å². The Labute approximate surface area is 59.9 Å². The van der Waals surface area contributed by atoms with Crippen LogP contribution in [0.1, 0.15) is 0 Å². The second-order valence-electron chi connectivity index (χ2n) is 1.81. The zero-order valence-corrected chi connectivity index (χ0v) is 5.72.